The zero-order valence-corrected chi connectivity index (χ0v) is 9.69. The molecule has 90 valence electrons. The Hall–Kier alpha value is -0.650. The lowest BCUT2D eigenvalue weighted by molar-refractivity contribution is -0.131. The topological polar surface area (TPSA) is 84.6 Å². The largest absolute Gasteiger partial charge is 0.391 e. The van der Waals surface area contributed by atoms with Gasteiger partial charge in [-0.25, -0.2) is 0 Å². The smallest absolute Gasteiger partial charge is 0.250 e. The molecule has 2 atom stereocenters. The van der Waals surface area contributed by atoms with Crippen LogP contribution in [0, 0.1) is 5.92 Å². The minimum absolute atomic E-state index is 0.141. The van der Waals surface area contributed by atoms with Crippen LogP contribution in [0.4, 0.5) is 0 Å². The summed E-state index contributed by atoms with van der Waals surface area (Å²) >= 11 is 0. The molecule has 2 unspecified atom stereocenters. The number of nitrogens with one attached hydrogen (secondary N) is 1. The van der Waals surface area contributed by atoms with Crippen molar-refractivity contribution < 1.29 is 14.6 Å². The first kappa shape index (κ1) is 14.3. The van der Waals surface area contributed by atoms with Gasteiger partial charge in [0, 0.05) is 20.2 Å². The van der Waals surface area contributed by atoms with Crippen molar-refractivity contribution in [1.29, 1.82) is 0 Å². The van der Waals surface area contributed by atoms with Crippen LogP contribution in [0.1, 0.15) is 20.3 Å². The van der Waals surface area contributed by atoms with Crippen LogP contribution in [0.15, 0.2) is 0 Å². The number of methoxy groups -OCH3 is 1. The third-order valence-corrected chi connectivity index (χ3v) is 2.05. The molecule has 1 amide bonds. The lowest BCUT2D eigenvalue weighted by Gasteiger charge is -2.16. The number of carbonyl (C=O) groups excluding carboxylic acids is 1. The van der Waals surface area contributed by atoms with Gasteiger partial charge in [-0.3, -0.25) is 4.79 Å². The lowest BCUT2D eigenvalue weighted by atomic mass is 10.1. The van der Waals surface area contributed by atoms with E-state index in [9.17, 15) is 9.90 Å². The fourth-order valence-electron chi connectivity index (χ4n) is 1.27. The quantitative estimate of drug-likeness (QED) is 0.537. The minimum atomic E-state index is -0.628. The monoisotopic (exact) mass is 218 g/mol. The summed E-state index contributed by atoms with van der Waals surface area (Å²) in [7, 11) is 1.43. The van der Waals surface area contributed by atoms with E-state index >= 15 is 0 Å². The molecule has 0 saturated heterocycles. The maximum absolute atomic E-state index is 11.4. The average Bonchev–Trinajstić information content (AvgIpc) is 2.15. The molecule has 5 heteroatoms. The fourth-order valence-corrected chi connectivity index (χ4v) is 1.27. The molecule has 0 aliphatic rings. The van der Waals surface area contributed by atoms with Gasteiger partial charge in [0.25, 0.3) is 5.91 Å². The number of amides is 1. The Bertz CT molecular complexity index is 182. The second kappa shape index (κ2) is 7.62. The first-order chi connectivity index (χ1) is 7.01. The van der Waals surface area contributed by atoms with E-state index in [-0.39, 0.29) is 19.0 Å². The first-order valence-corrected chi connectivity index (χ1v) is 5.19. The number of aliphatic hydroxyl groups excluding tert-OH is 1. The molecule has 0 aliphatic heterocycles. The SMILES string of the molecule is COC(CN)C(=O)NCC(O)CC(C)C. The van der Waals surface area contributed by atoms with Gasteiger partial charge in [-0.1, -0.05) is 13.8 Å². The molecule has 0 aromatic rings. The van der Waals surface area contributed by atoms with Crippen molar-refractivity contribution in [2.45, 2.75) is 32.5 Å². The summed E-state index contributed by atoms with van der Waals surface area (Å²) in [6.45, 7) is 4.42. The Morgan fingerprint density at radius 2 is 2.13 bits per heavy atom. The molecule has 4 N–H and O–H groups in total. The number of nitrogens with two attached hydrogens (primary N) is 1. The van der Waals surface area contributed by atoms with Crippen molar-refractivity contribution in [1.82, 2.24) is 5.32 Å². The number of ether oxygens (including phenoxy) is 1. The number of aliphatic hydroxyl groups is 1. The van der Waals surface area contributed by atoms with Crippen LogP contribution in [-0.4, -0.2) is 43.4 Å². The Kier molecular flexibility index (Phi) is 7.29. The van der Waals surface area contributed by atoms with Crippen molar-refractivity contribution in [3.63, 3.8) is 0 Å². The van der Waals surface area contributed by atoms with Crippen molar-refractivity contribution in [3.05, 3.63) is 0 Å². The number of hydrogen-bond acceptors (Lipinski definition) is 4. The molecule has 0 aromatic heterocycles. The van der Waals surface area contributed by atoms with Gasteiger partial charge in [-0.15, -0.1) is 0 Å². The van der Waals surface area contributed by atoms with Crippen LogP contribution in [-0.2, 0) is 9.53 Å². The minimum Gasteiger partial charge on any atom is -0.391 e. The number of rotatable bonds is 7. The van der Waals surface area contributed by atoms with Crippen molar-refractivity contribution in [3.8, 4) is 0 Å². The highest BCUT2D eigenvalue weighted by Gasteiger charge is 2.16. The molecular weight excluding hydrogens is 196 g/mol. The Balaban J connectivity index is 3.79. The number of carbonyl (C=O) groups is 1. The van der Waals surface area contributed by atoms with Crippen LogP contribution in [0.3, 0.4) is 0 Å². The molecule has 0 radical (unpaired) electrons. The molecule has 0 rings (SSSR count). The Labute approximate surface area is 91.0 Å². The van der Waals surface area contributed by atoms with Crippen molar-refractivity contribution >= 4 is 5.91 Å². The van der Waals surface area contributed by atoms with Crippen molar-refractivity contribution in [2.24, 2.45) is 11.7 Å². The van der Waals surface area contributed by atoms with Crippen LogP contribution >= 0.6 is 0 Å². The molecule has 0 saturated carbocycles. The van der Waals surface area contributed by atoms with Gasteiger partial charge in [-0.05, 0) is 12.3 Å². The maximum Gasteiger partial charge on any atom is 0.250 e. The first-order valence-electron chi connectivity index (χ1n) is 5.19. The normalized spacial score (nSPS) is 15.1. The van der Waals surface area contributed by atoms with E-state index in [4.69, 9.17) is 10.5 Å². The van der Waals surface area contributed by atoms with Crippen molar-refractivity contribution in [2.75, 3.05) is 20.2 Å². The van der Waals surface area contributed by atoms with E-state index < -0.39 is 12.2 Å². The predicted octanol–water partition coefficient (Wildman–Crippen LogP) is -0.517. The van der Waals surface area contributed by atoms with E-state index in [1.54, 1.807) is 0 Å². The molecule has 0 spiro atoms. The number of hydrogen-bond donors (Lipinski definition) is 3. The molecule has 0 aliphatic carbocycles. The highest BCUT2D eigenvalue weighted by Crippen LogP contribution is 2.03. The van der Waals surface area contributed by atoms with E-state index in [2.05, 4.69) is 5.32 Å². The fraction of sp³-hybridized carbons (Fsp3) is 0.900. The second-order valence-corrected chi connectivity index (χ2v) is 3.99. The van der Waals surface area contributed by atoms with Gasteiger partial charge < -0.3 is 20.9 Å². The molecule has 0 heterocycles. The van der Waals surface area contributed by atoms with Crippen LogP contribution in [0.2, 0.25) is 0 Å². The third-order valence-electron chi connectivity index (χ3n) is 2.05. The summed E-state index contributed by atoms with van der Waals surface area (Å²) in [4.78, 5) is 11.4. The molecule has 0 bridgehead atoms. The highest BCUT2D eigenvalue weighted by atomic mass is 16.5. The van der Waals surface area contributed by atoms with E-state index in [0.29, 0.717) is 12.3 Å². The van der Waals surface area contributed by atoms with Gasteiger partial charge in [-0.2, -0.15) is 0 Å². The predicted molar refractivity (Wildman–Crippen MR) is 58.3 cm³/mol. The average molecular weight is 218 g/mol. The molecule has 0 fully saturated rings. The van der Waals surface area contributed by atoms with Gasteiger partial charge in [0.1, 0.15) is 6.10 Å². The maximum atomic E-state index is 11.4. The van der Waals surface area contributed by atoms with Crippen LogP contribution < -0.4 is 11.1 Å². The van der Waals surface area contributed by atoms with Gasteiger partial charge in [0.05, 0.1) is 6.10 Å². The van der Waals surface area contributed by atoms with E-state index in [0.717, 1.165) is 0 Å². The summed E-state index contributed by atoms with van der Waals surface area (Å²) in [6.07, 6.45) is -0.471. The van der Waals surface area contributed by atoms with Crippen LogP contribution in [0.25, 0.3) is 0 Å². The Morgan fingerprint density at radius 3 is 2.53 bits per heavy atom. The Morgan fingerprint density at radius 1 is 1.53 bits per heavy atom. The summed E-state index contributed by atoms with van der Waals surface area (Å²) in [5, 5.41) is 12.1. The molecule has 0 aromatic carbocycles. The van der Waals surface area contributed by atoms with Crippen LogP contribution in [0.5, 0.6) is 0 Å². The molecule has 15 heavy (non-hydrogen) atoms. The summed E-state index contributed by atoms with van der Waals surface area (Å²) < 4.78 is 4.86. The van der Waals surface area contributed by atoms with E-state index in [1.165, 1.54) is 7.11 Å². The van der Waals surface area contributed by atoms with Gasteiger partial charge in [0.15, 0.2) is 0 Å². The highest BCUT2D eigenvalue weighted by molar-refractivity contribution is 5.80. The zero-order chi connectivity index (χ0) is 11.8. The summed E-state index contributed by atoms with van der Waals surface area (Å²) in [5.41, 5.74) is 5.32. The third kappa shape index (κ3) is 6.43. The van der Waals surface area contributed by atoms with Gasteiger partial charge in [0.2, 0.25) is 0 Å². The summed E-state index contributed by atoms with van der Waals surface area (Å²) in [6, 6.07) is 0. The lowest BCUT2D eigenvalue weighted by Crippen LogP contribution is -2.43. The standard InChI is InChI=1S/C10H22N2O3/c1-7(2)4-8(13)6-12-10(14)9(5-11)15-3/h7-9,13H,4-6,11H2,1-3H3,(H,12,14). The molecular formula is C10H22N2O3. The molecule has 5 nitrogen and oxygen atoms in total. The zero-order valence-electron chi connectivity index (χ0n) is 9.69. The van der Waals surface area contributed by atoms with Gasteiger partial charge >= 0.3 is 0 Å². The summed E-state index contributed by atoms with van der Waals surface area (Å²) in [5.74, 6) is 0.132. The van der Waals surface area contributed by atoms with E-state index in [1.807, 2.05) is 13.8 Å². The second-order valence-electron chi connectivity index (χ2n) is 3.99.